The molecule has 0 aromatic rings. The van der Waals surface area contributed by atoms with Crippen molar-refractivity contribution < 1.29 is 9.53 Å². The van der Waals surface area contributed by atoms with Crippen molar-refractivity contribution in [3.05, 3.63) is 0 Å². The number of ether oxygens (including phenoxy) is 1. The van der Waals surface area contributed by atoms with E-state index in [0.29, 0.717) is 12.5 Å². The van der Waals surface area contributed by atoms with Crippen molar-refractivity contribution in [3.8, 4) is 0 Å². The van der Waals surface area contributed by atoms with Gasteiger partial charge < -0.3 is 14.5 Å². The van der Waals surface area contributed by atoms with Crippen LogP contribution in [0.1, 0.15) is 51.9 Å². The number of nitrogens with zero attached hydrogens (tertiary/aromatic N) is 2. The lowest BCUT2D eigenvalue weighted by molar-refractivity contribution is -0.138. The molecule has 1 atom stereocenters. The van der Waals surface area contributed by atoms with Gasteiger partial charge in [-0.15, -0.1) is 0 Å². The lowest BCUT2D eigenvalue weighted by Gasteiger charge is -2.35. The summed E-state index contributed by atoms with van der Waals surface area (Å²) in [7, 11) is 0. The average Bonchev–Trinajstić information content (AvgIpc) is 2.76. The summed E-state index contributed by atoms with van der Waals surface area (Å²) in [4.78, 5) is 16.8. The molecule has 21 heavy (non-hydrogen) atoms. The molecular weight excluding hydrogens is 264 g/mol. The lowest BCUT2D eigenvalue weighted by Crippen LogP contribution is -2.45. The van der Waals surface area contributed by atoms with Crippen LogP contribution in [0.5, 0.6) is 0 Å². The zero-order valence-electron chi connectivity index (χ0n) is 13.7. The fourth-order valence-electron chi connectivity index (χ4n) is 3.52. The van der Waals surface area contributed by atoms with Crippen LogP contribution in [0.2, 0.25) is 0 Å². The molecule has 2 aliphatic heterocycles. The summed E-state index contributed by atoms with van der Waals surface area (Å²) in [6.45, 7) is 8.58. The monoisotopic (exact) mass is 296 g/mol. The number of likely N-dealkylation sites (tertiary alicyclic amines) is 2. The van der Waals surface area contributed by atoms with Crippen LogP contribution >= 0.6 is 0 Å². The molecule has 0 aromatic carbocycles. The van der Waals surface area contributed by atoms with Crippen LogP contribution in [0.15, 0.2) is 0 Å². The Morgan fingerprint density at radius 1 is 1.10 bits per heavy atom. The summed E-state index contributed by atoms with van der Waals surface area (Å²) in [5.74, 6) is 0.844. The van der Waals surface area contributed by atoms with Gasteiger partial charge in [-0.2, -0.15) is 0 Å². The molecule has 2 fully saturated rings. The van der Waals surface area contributed by atoms with Gasteiger partial charge >= 0.3 is 0 Å². The molecule has 0 N–H and O–H groups in total. The summed E-state index contributed by atoms with van der Waals surface area (Å²) in [5, 5.41) is 0. The second kappa shape index (κ2) is 9.42. The zero-order valence-corrected chi connectivity index (χ0v) is 13.7. The van der Waals surface area contributed by atoms with Gasteiger partial charge in [0.1, 0.15) is 6.61 Å². The molecule has 0 bridgehead atoms. The van der Waals surface area contributed by atoms with Crippen molar-refractivity contribution in [1.29, 1.82) is 0 Å². The van der Waals surface area contributed by atoms with Crippen LogP contribution in [0.4, 0.5) is 0 Å². The first-order valence-electron chi connectivity index (χ1n) is 8.87. The van der Waals surface area contributed by atoms with Gasteiger partial charge in [0, 0.05) is 26.2 Å². The highest BCUT2D eigenvalue weighted by Crippen LogP contribution is 2.20. The van der Waals surface area contributed by atoms with Gasteiger partial charge in [0.25, 0.3) is 0 Å². The topological polar surface area (TPSA) is 32.8 Å². The van der Waals surface area contributed by atoms with E-state index in [-0.39, 0.29) is 12.5 Å². The van der Waals surface area contributed by atoms with E-state index in [0.717, 1.165) is 25.9 Å². The standard InChI is InChI=1S/C17H32N2O2/c1-2-12-21-15-17(20)19-11-7-8-16(14-19)13-18-9-5-3-4-6-10-18/h16H,2-15H2,1H3. The van der Waals surface area contributed by atoms with Crippen molar-refractivity contribution in [2.24, 2.45) is 5.92 Å². The summed E-state index contributed by atoms with van der Waals surface area (Å²) in [6, 6.07) is 0. The van der Waals surface area contributed by atoms with Gasteiger partial charge in [0.15, 0.2) is 0 Å². The first kappa shape index (κ1) is 16.8. The first-order valence-corrected chi connectivity index (χ1v) is 8.87. The van der Waals surface area contributed by atoms with Crippen LogP contribution in [0, 0.1) is 5.92 Å². The van der Waals surface area contributed by atoms with Gasteiger partial charge in [0.2, 0.25) is 5.91 Å². The van der Waals surface area contributed by atoms with E-state index in [9.17, 15) is 4.79 Å². The zero-order chi connectivity index (χ0) is 14.9. The van der Waals surface area contributed by atoms with Crippen LogP contribution in [0.3, 0.4) is 0 Å². The third kappa shape index (κ3) is 5.95. The van der Waals surface area contributed by atoms with E-state index in [1.807, 2.05) is 4.90 Å². The van der Waals surface area contributed by atoms with Crippen molar-refractivity contribution in [2.45, 2.75) is 51.9 Å². The Hall–Kier alpha value is -0.610. The Kier molecular flexibility index (Phi) is 7.51. The number of amides is 1. The third-order valence-corrected chi connectivity index (χ3v) is 4.66. The highest BCUT2D eigenvalue weighted by atomic mass is 16.5. The Bertz CT molecular complexity index is 301. The number of rotatable bonds is 6. The Balaban J connectivity index is 1.73. The van der Waals surface area contributed by atoms with Crippen LogP contribution in [-0.2, 0) is 9.53 Å². The molecule has 2 saturated heterocycles. The molecule has 0 spiro atoms. The molecule has 4 nitrogen and oxygen atoms in total. The second-order valence-corrected chi connectivity index (χ2v) is 6.62. The Labute approximate surface area is 129 Å². The minimum Gasteiger partial charge on any atom is -0.372 e. The van der Waals surface area contributed by atoms with Gasteiger partial charge in [-0.25, -0.2) is 0 Å². The van der Waals surface area contributed by atoms with Crippen LogP contribution < -0.4 is 0 Å². The quantitative estimate of drug-likeness (QED) is 0.706. The van der Waals surface area contributed by atoms with E-state index < -0.39 is 0 Å². The molecule has 2 heterocycles. The van der Waals surface area contributed by atoms with Crippen molar-refractivity contribution in [3.63, 3.8) is 0 Å². The molecule has 0 radical (unpaired) electrons. The number of piperidine rings is 1. The smallest absolute Gasteiger partial charge is 0.248 e. The van der Waals surface area contributed by atoms with Gasteiger partial charge in [-0.3, -0.25) is 4.79 Å². The first-order chi connectivity index (χ1) is 10.3. The van der Waals surface area contributed by atoms with E-state index in [2.05, 4.69) is 11.8 Å². The van der Waals surface area contributed by atoms with Crippen LogP contribution in [0.25, 0.3) is 0 Å². The molecule has 0 aliphatic carbocycles. The summed E-state index contributed by atoms with van der Waals surface area (Å²) >= 11 is 0. The fraction of sp³-hybridized carbons (Fsp3) is 0.941. The minimum atomic E-state index is 0.184. The van der Waals surface area contributed by atoms with Gasteiger partial charge in [-0.05, 0) is 51.1 Å². The Morgan fingerprint density at radius 2 is 1.86 bits per heavy atom. The maximum absolute atomic E-state index is 12.2. The van der Waals surface area contributed by atoms with Crippen molar-refractivity contribution in [1.82, 2.24) is 9.80 Å². The second-order valence-electron chi connectivity index (χ2n) is 6.62. The predicted octanol–water partition coefficient (Wildman–Crippen LogP) is 2.53. The normalized spacial score (nSPS) is 24.8. The molecule has 122 valence electrons. The number of hydrogen-bond donors (Lipinski definition) is 0. The summed E-state index contributed by atoms with van der Waals surface area (Å²) in [6.07, 6.45) is 8.88. The maximum atomic E-state index is 12.2. The predicted molar refractivity (Wildman–Crippen MR) is 85.3 cm³/mol. The number of carbonyl (C=O) groups is 1. The van der Waals surface area contributed by atoms with Gasteiger partial charge in [-0.1, -0.05) is 19.8 Å². The SMILES string of the molecule is CCCOCC(=O)N1CCCC(CN2CCCCCC2)C1. The van der Waals surface area contributed by atoms with E-state index in [1.54, 1.807) is 0 Å². The molecule has 1 amide bonds. The van der Waals surface area contributed by atoms with E-state index >= 15 is 0 Å². The van der Waals surface area contributed by atoms with Gasteiger partial charge in [0.05, 0.1) is 0 Å². The summed E-state index contributed by atoms with van der Waals surface area (Å²) < 4.78 is 5.40. The van der Waals surface area contributed by atoms with Crippen LogP contribution in [-0.4, -0.2) is 61.6 Å². The molecule has 4 heteroatoms. The third-order valence-electron chi connectivity index (χ3n) is 4.66. The maximum Gasteiger partial charge on any atom is 0.248 e. The molecule has 2 rings (SSSR count). The molecular formula is C17H32N2O2. The molecule has 1 unspecified atom stereocenters. The highest BCUT2D eigenvalue weighted by Gasteiger charge is 2.25. The highest BCUT2D eigenvalue weighted by molar-refractivity contribution is 5.77. The molecule has 2 aliphatic rings. The largest absolute Gasteiger partial charge is 0.372 e. The average molecular weight is 296 g/mol. The fourth-order valence-corrected chi connectivity index (χ4v) is 3.52. The number of hydrogen-bond acceptors (Lipinski definition) is 3. The van der Waals surface area contributed by atoms with E-state index in [4.69, 9.17) is 4.74 Å². The minimum absolute atomic E-state index is 0.184. The number of carbonyl (C=O) groups excluding carboxylic acids is 1. The van der Waals surface area contributed by atoms with E-state index in [1.165, 1.54) is 51.7 Å². The van der Waals surface area contributed by atoms with Crippen molar-refractivity contribution in [2.75, 3.05) is 45.9 Å². The molecule has 0 aromatic heterocycles. The summed E-state index contributed by atoms with van der Waals surface area (Å²) in [5.41, 5.74) is 0. The Morgan fingerprint density at radius 3 is 2.57 bits per heavy atom. The lowest BCUT2D eigenvalue weighted by atomic mass is 9.97. The molecule has 0 saturated carbocycles. The van der Waals surface area contributed by atoms with Crippen molar-refractivity contribution >= 4 is 5.91 Å².